The van der Waals surface area contributed by atoms with Crippen molar-refractivity contribution in [2.75, 3.05) is 44.3 Å². The van der Waals surface area contributed by atoms with Gasteiger partial charge in [0.1, 0.15) is 5.82 Å². The second-order valence-corrected chi connectivity index (χ2v) is 7.81. The molecule has 8 nitrogen and oxygen atoms in total. The number of nitrogens with one attached hydrogen (secondary N) is 1. The van der Waals surface area contributed by atoms with Crippen LogP contribution in [0.5, 0.6) is 0 Å². The lowest BCUT2D eigenvalue weighted by Gasteiger charge is -2.35. The first-order valence-electron chi connectivity index (χ1n) is 10.8. The minimum absolute atomic E-state index is 0.0246. The third-order valence-corrected chi connectivity index (χ3v) is 5.76. The molecule has 0 unspecified atom stereocenters. The molecule has 174 valence electrons. The molecule has 3 heterocycles. The van der Waals surface area contributed by atoms with E-state index in [0.717, 1.165) is 10.9 Å². The summed E-state index contributed by atoms with van der Waals surface area (Å²) >= 11 is 0. The zero-order valence-corrected chi connectivity index (χ0v) is 18.0. The maximum Gasteiger partial charge on any atom is 0.272 e. The summed E-state index contributed by atoms with van der Waals surface area (Å²) in [5, 5.41) is 7.69. The van der Waals surface area contributed by atoms with Gasteiger partial charge in [0.25, 0.3) is 12.0 Å². The largest absolute Gasteiger partial charge is 0.381 e. The van der Waals surface area contributed by atoms with Crippen molar-refractivity contribution in [3.63, 3.8) is 0 Å². The molecule has 0 aliphatic carbocycles. The maximum atomic E-state index is 12.7. The fraction of sp³-hybridized carbons (Fsp3) is 0.391. The van der Waals surface area contributed by atoms with E-state index in [9.17, 15) is 18.4 Å². The van der Waals surface area contributed by atoms with E-state index in [1.54, 1.807) is 23.2 Å². The highest BCUT2D eigenvalue weighted by Gasteiger charge is 2.22. The van der Waals surface area contributed by atoms with Crippen molar-refractivity contribution >= 4 is 22.5 Å². The second kappa shape index (κ2) is 10.5. The van der Waals surface area contributed by atoms with Crippen molar-refractivity contribution < 1.29 is 18.3 Å². The Bertz CT molecular complexity index is 1140. The Kier molecular flexibility index (Phi) is 7.23. The van der Waals surface area contributed by atoms with Crippen LogP contribution in [-0.2, 0) is 16.0 Å². The van der Waals surface area contributed by atoms with Gasteiger partial charge in [0.05, 0.1) is 31.2 Å². The number of fused-ring (bicyclic) bond motifs is 1. The zero-order chi connectivity index (χ0) is 23.2. The fourth-order valence-electron chi connectivity index (χ4n) is 3.90. The van der Waals surface area contributed by atoms with Crippen LogP contribution < -0.4 is 10.5 Å². The fourth-order valence-corrected chi connectivity index (χ4v) is 3.90. The van der Waals surface area contributed by atoms with Crippen LogP contribution in [0.25, 0.3) is 10.8 Å². The molecule has 4 rings (SSSR count). The van der Waals surface area contributed by atoms with Crippen LogP contribution in [0.1, 0.15) is 24.0 Å². The minimum atomic E-state index is -2.53. The van der Waals surface area contributed by atoms with E-state index < -0.39 is 6.43 Å². The molecule has 33 heavy (non-hydrogen) atoms. The number of H-pyrrole nitrogens is 1. The van der Waals surface area contributed by atoms with Gasteiger partial charge in [-0.1, -0.05) is 12.1 Å². The molecule has 1 saturated heterocycles. The molecule has 2 aromatic heterocycles. The number of alkyl halides is 2. The zero-order valence-electron chi connectivity index (χ0n) is 18.0. The van der Waals surface area contributed by atoms with Crippen LogP contribution in [-0.4, -0.2) is 65.4 Å². The van der Waals surface area contributed by atoms with Crippen LogP contribution in [0.4, 0.5) is 14.6 Å². The molecule has 1 aromatic carbocycles. The molecule has 0 saturated carbocycles. The third-order valence-electron chi connectivity index (χ3n) is 5.76. The van der Waals surface area contributed by atoms with Crippen LogP contribution in [0.3, 0.4) is 0 Å². The van der Waals surface area contributed by atoms with Gasteiger partial charge in [-0.3, -0.25) is 9.59 Å². The van der Waals surface area contributed by atoms with Gasteiger partial charge in [0.2, 0.25) is 5.91 Å². The topological polar surface area (TPSA) is 91.4 Å². The number of rotatable bonds is 8. The Balaban J connectivity index is 1.18. The number of anilines is 1. The van der Waals surface area contributed by atoms with Crippen LogP contribution in [0.2, 0.25) is 0 Å². The number of pyridine rings is 1. The van der Waals surface area contributed by atoms with E-state index in [2.05, 4.69) is 15.2 Å². The Hall–Kier alpha value is -3.40. The number of aromatic amines is 1. The molecule has 1 aliphatic rings. The van der Waals surface area contributed by atoms with Gasteiger partial charge in [-0.2, -0.15) is 5.10 Å². The van der Waals surface area contributed by atoms with Gasteiger partial charge in [-0.05, 0) is 30.2 Å². The van der Waals surface area contributed by atoms with Gasteiger partial charge in [-0.25, -0.2) is 18.9 Å². The first kappa shape index (κ1) is 22.8. The lowest BCUT2D eigenvalue weighted by atomic mass is 10.1. The maximum absolute atomic E-state index is 12.7. The van der Waals surface area contributed by atoms with Crippen LogP contribution in [0.15, 0.2) is 47.5 Å². The summed E-state index contributed by atoms with van der Waals surface area (Å²) in [6.07, 6.45) is 1.21. The normalized spacial score (nSPS) is 14.3. The number of nitrogens with zero attached hydrogens (tertiary/aromatic N) is 4. The number of carbonyl (C=O) groups excluding carboxylic acids is 1. The summed E-state index contributed by atoms with van der Waals surface area (Å²) in [4.78, 5) is 32.2. The molecular weight excluding hydrogens is 432 g/mol. The molecule has 1 amide bonds. The summed E-state index contributed by atoms with van der Waals surface area (Å²) in [6, 6.07) is 8.50. The summed E-state index contributed by atoms with van der Waals surface area (Å²) in [6.45, 7) is 3.06. The third kappa shape index (κ3) is 5.51. The number of aromatic nitrogens is 3. The summed E-state index contributed by atoms with van der Waals surface area (Å²) in [7, 11) is 0. The van der Waals surface area contributed by atoms with Crippen molar-refractivity contribution in [3.05, 3.63) is 64.2 Å². The molecule has 0 bridgehead atoms. The van der Waals surface area contributed by atoms with E-state index in [-0.39, 0.29) is 23.5 Å². The number of benzene rings is 1. The number of piperazine rings is 1. The van der Waals surface area contributed by atoms with Crippen molar-refractivity contribution in [2.45, 2.75) is 19.3 Å². The van der Waals surface area contributed by atoms with Gasteiger partial charge in [0.15, 0.2) is 0 Å². The van der Waals surface area contributed by atoms with E-state index >= 15 is 0 Å². The summed E-state index contributed by atoms with van der Waals surface area (Å²) in [5.41, 5.74) is 0.656. The Morgan fingerprint density at radius 2 is 1.88 bits per heavy atom. The molecule has 10 heteroatoms. The van der Waals surface area contributed by atoms with Crippen molar-refractivity contribution in [2.24, 2.45) is 0 Å². The standard InChI is InChI=1S/C23H25F2N5O3/c24-22(25)17-4-5-20(26-14-17)29-8-10-30(11-9-29)21(31)7-13-33-12-6-16-2-1-3-18-19(16)15-27-28-23(18)32/h1-5,14-15,22H,6-13H2,(H,28,32). The van der Waals surface area contributed by atoms with E-state index in [0.29, 0.717) is 57.0 Å². The average molecular weight is 457 g/mol. The van der Waals surface area contributed by atoms with Gasteiger partial charge in [-0.15, -0.1) is 0 Å². The molecule has 1 N–H and O–H groups in total. The Labute approximate surface area is 189 Å². The summed E-state index contributed by atoms with van der Waals surface area (Å²) in [5.74, 6) is 0.664. The van der Waals surface area contributed by atoms with Crippen molar-refractivity contribution in [3.8, 4) is 0 Å². The van der Waals surface area contributed by atoms with Crippen LogP contribution in [0, 0.1) is 0 Å². The van der Waals surface area contributed by atoms with Crippen LogP contribution >= 0.6 is 0 Å². The molecule has 1 aliphatic heterocycles. The monoisotopic (exact) mass is 457 g/mol. The molecule has 1 fully saturated rings. The van der Waals surface area contributed by atoms with E-state index in [4.69, 9.17) is 4.74 Å². The Morgan fingerprint density at radius 3 is 2.61 bits per heavy atom. The number of hydrogen-bond acceptors (Lipinski definition) is 6. The average Bonchev–Trinajstić information content (AvgIpc) is 2.84. The highest BCUT2D eigenvalue weighted by molar-refractivity contribution is 5.83. The number of amides is 1. The smallest absolute Gasteiger partial charge is 0.272 e. The molecule has 0 atom stereocenters. The highest BCUT2D eigenvalue weighted by Crippen LogP contribution is 2.21. The predicted octanol–water partition coefficient (Wildman–Crippen LogP) is 2.55. The second-order valence-electron chi connectivity index (χ2n) is 7.81. The Morgan fingerprint density at radius 1 is 1.06 bits per heavy atom. The number of hydrogen-bond donors (Lipinski definition) is 1. The van der Waals surface area contributed by atoms with Crippen molar-refractivity contribution in [1.82, 2.24) is 20.1 Å². The number of ether oxygens (including phenoxy) is 1. The quantitative estimate of drug-likeness (QED) is 0.523. The molecule has 0 spiro atoms. The van der Waals surface area contributed by atoms with E-state index in [1.807, 2.05) is 17.0 Å². The van der Waals surface area contributed by atoms with Gasteiger partial charge >= 0.3 is 0 Å². The van der Waals surface area contributed by atoms with Crippen molar-refractivity contribution in [1.29, 1.82) is 0 Å². The van der Waals surface area contributed by atoms with E-state index in [1.165, 1.54) is 12.3 Å². The lowest BCUT2D eigenvalue weighted by Crippen LogP contribution is -2.49. The number of carbonyl (C=O) groups is 1. The minimum Gasteiger partial charge on any atom is -0.381 e. The molecular formula is C23H25F2N5O3. The molecule has 3 aromatic rings. The lowest BCUT2D eigenvalue weighted by molar-refractivity contribution is -0.132. The first-order chi connectivity index (χ1) is 16.0. The SMILES string of the molecule is O=C(CCOCCc1cccc2c(=O)[nH]ncc12)N1CCN(c2ccc(C(F)F)cn2)CC1. The summed E-state index contributed by atoms with van der Waals surface area (Å²) < 4.78 is 31.0. The molecule has 0 radical (unpaired) electrons. The predicted molar refractivity (Wildman–Crippen MR) is 119 cm³/mol. The van der Waals surface area contributed by atoms with Gasteiger partial charge < -0.3 is 14.5 Å². The van der Waals surface area contributed by atoms with Gasteiger partial charge in [0, 0.05) is 43.3 Å². The highest BCUT2D eigenvalue weighted by atomic mass is 19.3. The number of halogens is 2. The first-order valence-corrected chi connectivity index (χ1v) is 10.8.